The third kappa shape index (κ3) is 4.52. The Balaban J connectivity index is 2.20. The Morgan fingerprint density at radius 3 is 2.35 bits per heavy atom. The molecule has 0 atom stereocenters. The van der Waals surface area contributed by atoms with E-state index in [0.717, 1.165) is 29.5 Å². The van der Waals surface area contributed by atoms with Gasteiger partial charge in [-0.25, -0.2) is 4.98 Å². The number of nitrogens with zero attached hydrogens (tertiary/aromatic N) is 1. The number of carbonyl (C=O) groups is 1. The first-order valence-corrected chi connectivity index (χ1v) is 8.85. The number of benzene rings is 1. The van der Waals surface area contributed by atoms with Crippen LogP contribution in [0.1, 0.15) is 5.01 Å². The van der Waals surface area contributed by atoms with Crippen molar-refractivity contribution in [3.63, 3.8) is 0 Å². The van der Waals surface area contributed by atoms with Gasteiger partial charge in [-0.3, -0.25) is 4.79 Å². The van der Waals surface area contributed by atoms with E-state index in [1.165, 1.54) is 6.20 Å². The average Bonchev–Trinajstić information content (AvgIpc) is 2.91. The second-order valence-electron chi connectivity index (χ2n) is 4.53. The quantitative estimate of drug-likeness (QED) is 0.575. The molecule has 2 aromatic rings. The second kappa shape index (κ2) is 5.03. The molecule has 0 aliphatic heterocycles. The number of amides is 1. The van der Waals surface area contributed by atoms with Crippen LogP contribution in [0.4, 0.5) is 19.4 Å². The van der Waals surface area contributed by atoms with E-state index in [0.29, 0.717) is 27.6 Å². The molecule has 0 aliphatic rings. The number of nitrogens with one attached hydrogen (secondary N) is 1. The Hall–Kier alpha value is -1.94. The van der Waals surface area contributed by atoms with Gasteiger partial charge >= 0.3 is 10.2 Å². The topological polar surface area (TPSA) is 42.0 Å². The number of hydrogen-bond acceptors (Lipinski definition) is 3. The largest absolute Gasteiger partial charge is 0.346 e. The zero-order valence-electron chi connectivity index (χ0n) is 11.4. The minimum Gasteiger partial charge on any atom is -0.346 e. The third-order valence-corrected chi connectivity index (χ3v) is 4.95. The van der Waals surface area contributed by atoms with Crippen LogP contribution in [0.25, 0.3) is 10.4 Å². The summed E-state index contributed by atoms with van der Waals surface area (Å²) in [6.45, 7) is 3.42. The SMILES string of the molecule is C=CC(=O)NCc1ncc(-c2ccc(S(F)(F)(F)(F)F)cc2)s1. The highest BCUT2D eigenvalue weighted by Gasteiger charge is 2.65. The number of carbonyl (C=O) groups excluding carboxylic acids is 1. The number of aromatic nitrogens is 1. The summed E-state index contributed by atoms with van der Waals surface area (Å²) in [7, 11) is -9.66. The van der Waals surface area contributed by atoms with Crippen LogP contribution >= 0.6 is 21.6 Å². The molecule has 0 spiro atoms. The van der Waals surface area contributed by atoms with Crippen molar-refractivity contribution in [2.24, 2.45) is 0 Å². The van der Waals surface area contributed by atoms with Crippen molar-refractivity contribution in [1.82, 2.24) is 10.3 Å². The Morgan fingerprint density at radius 2 is 1.83 bits per heavy atom. The lowest BCUT2D eigenvalue weighted by atomic mass is 10.2. The first-order chi connectivity index (χ1) is 10.4. The summed E-state index contributed by atoms with van der Waals surface area (Å²) in [5.74, 6) is -0.387. The van der Waals surface area contributed by atoms with Gasteiger partial charge in [-0.1, -0.05) is 38.1 Å². The van der Waals surface area contributed by atoms with Crippen molar-refractivity contribution in [2.75, 3.05) is 0 Å². The second-order valence-corrected chi connectivity index (χ2v) is 8.06. The highest BCUT2D eigenvalue weighted by molar-refractivity contribution is 8.45. The Labute approximate surface area is 132 Å². The van der Waals surface area contributed by atoms with Crippen LogP contribution in [0.15, 0.2) is 48.0 Å². The molecular weight excluding hydrogens is 359 g/mol. The predicted molar refractivity (Wildman–Crippen MR) is 81.0 cm³/mol. The molecule has 0 aliphatic carbocycles. The predicted octanol–water partition coefficient (Wildman–Crippen LogP) is 5.27. The molecule has 1 amide bonds. The Bertz CT molecular complexity index is 753. The number of hydrogen-bond donors (Lipinski definition) is 1. The van der Waals surface area contributed by atoms with Gasteiger partial charge in [-0.2, -0.15) is 0 Å². The van der Waals surface area contributed by atoms with Crippen molar-refractivity contribution in [1.29, 1.82) is 0 Å². The summed E-state index contributed by atoms with van der Waals surface area (Å²) in [5, 5.41) is 3.02. The number of thiazole rings is 1. The van der Waals surface area contributed by atoms with Crippen LogP contribution in [0, 0.1) is 0 Å². The molecule has 2 rings (SSSR count). The maximum atomic E-state index is 12.6. The normalized spacial score (nSPS) is 14.7. The molecule has 0 saturated carbocycles. The van der Waals surface area contributed by atoms with Crippen molar-refractivity contribution in [2.45, 2.75) is 11.4 Å². The highest BCUT2D eigenvalue weighted by atomic mass is 32.5. The fourth-order valence-corrected chi connectivity index (χ4v) is 3.15. The first-order valence-electron chi connectivity index (χ1n) is 6.08. The number of halogens is 5. The molecule has 0 radical (unpaired) electrons. The van der Waals surface area contributed by atoms with E-state index >= 15 is 0 Å². The van der Waals surface area contributed by atoms with Crippen molar-refractivity contribution >= 4 is 27.5 Å². The molecule has 0 fully saturated rings. The van der Waals surface area contributed by atoms with Gasteiger partial charge in [0.15, 0.2) is 0 Å². The molecule has 1 aromatic heterocycles. The first kappa shape index (κ1) is 17.4. The van der Waals surface area contributed by atoms with Crippen LogP contribution in [0.5, 0.6) is 0 Å². The molecule has 1 heterocycles. The summed E-state index contributed by atoms with van der Waals surface area (Å²) in [4.78, 5) is 13.6. The zero-order valence-corrected chi connectivity index (χ0v) is 13.1. The van der Waals surface area contributed by atoms with Gasteiger partial charge in [0, 0.05) is 6.20 Å². The molecule has 0 saturated heterocycles. The molecule has 10 heteroatoms. The molecular formula is C13H11F5N2OS2. The van der Waals surface area contributed by atoms with Crippen molar-refractivity contribution in [3.05, 3.63) is 48.1 Å². The molecule has 0 bridgehead atoms. The summed E-state index contributed by atoms with van der Waals surface area (Å²) in [6, 6.07) is 2.64. The van der Waals surface area contributed by atoms with E-state index in [1.807, 2.05) is 0 Å². The van der Waals surface area contributed by atoms with E-state index in [4.69, 9.17) is 0 Å². The van der Waals surface area contributed by atoms with Gasteiger partial charge in [-0.05, 0) is 23.8 Å². The van der Waals surface area contributed by atoms with E-state index in [9.17, 15) is 24.2 Å². The Morgan fingerprint density at radius 1 is 1.22 bits per heavy atom. The van der Waals surface area contributed by atoms with Crippen LogP contribution in [-0.2, 0) is 11.3 Å². The smallest absolute Gasteiger partial charge is 0.310 e. The standard InChI is InChI=1S/C13H11F5N2OS2/c1-2-12(21)19-8-13-20-7-11(22-13)9-3-5-10(6-4-9)23(14,15,16,17)18/h2-7H,1,8H2,(H,19,21). The van der Waals surface area contributed by atoms with E-state index < -0.39 is 15.1 Å². The maximum absolute atomic E-state index is 12.6. The molecule has 3 nitrogen and oxygen atoms in total. The van der Waals surface area contributed by atoms with Crippen LogP contribution in [0.2, 0.25) is 0 Å². The van der Waals surface area contributed by atoms with Gasteiger partial charge < -0.3 is 5.32 Å². The average molecular weight is 370 g/mol. The zero-order chi connectivity index (χ0) is 17.4. The third-order valence-electron chi connectivity index (χ3n) is 2.74. The van der Waals surface area contributed by atoms with Crippen LogP contribution in [0.3, 0.4) is 0 Å². The minimum absolute atomic E-state index is 0.138. The minimum atomic E-state index is -9.66. The lowest BCUT2D eigenvalue weighted by Crippen LogP contribution is -2.19. The lowest BCUT2D eigenvalue weighted by Gasteiger charge is -2.40. The maximum Gasteiger partial charge on any atom is 0.310 e. The van der Waals surface area contributed by atoms with Crippen molar-refractivity contribution < 1.29 is 24.2 Å². The lowest BCUT2D eigenvalue weighted by molar-refractivity contribution is -0.116. The summed E-state index contributed by atoms with van der Waals surface area (Å²) < 4.78 is 63.2. The monoisotopic (exact) mass is 370 g/mol. The van der Waals surface area contributed by atoms with Gasteiger partial charge in [0.1, 0.15) is 9.90 Å². The highest BCUT2D eigenvalue weighted by Crippen LogP contribution is 3.02. The van der Waals surface area contributed by atoms with Gasteiger partial charge in [0.25, 0.3) is 0 Å². The van der Waals surface area contributed by atoms with Gasteiger partial charge in [0.2, 0.25) is 5.91 Å². The van der Waals surface area contributed by atoms with E-state index in [1.54, 1.807) is 0 Å². The fourth-order valence-electron chi connectivity index (χ4n) is 1.64. The van der Waals surface area contributed by atoms with Gasteiger partial charge in [0.05, 0.1) is 11.4 Å². The van der Waals surface area contributed by atoms with Crippen LogP contribution < -0.4 is 5.32 Å². The van der Waals surface area contributed by atoms with E-state index in [-0.39, 0.29) is 12.5 Å². The van der Waals surface area contributed by atoms with Gasteiger partial charge in [-0.15, -0.1) is 11.3 Å². The summed E-state index contributed by atoms with van der Waals surface area (Å²) >= 11 is 1.13. The number of rotatable bonds is 5. The van der Waals surface area contributed by atoms with Crippen molar-refractivity contribution in [3.8, 4) is 10.4 Å². The van der Waals surface area contributed by atoms with E-state index in [2.05, 4.69) is 16.9 Å². The summed E-state index contributed by atoms with van der Waals surface area (Å²) in [6.07, 6.45) is 2.49. The molecule has 0 unspecified atom stereocenters. The summed E-state index contributed by atoms with van der Waals surface area (Å²) in [5.41, 5.74) is 0.328. The fraction of sp³-hybridized carbons (Fsp3) is 0.0769. The molecule has 126 valence electrons. The Kier molecular flexibility index (Phi) is 3.81. The molecule has 23 heavy (non-hydrogen) atoms. The molecule has 1 N–H and O–H groups in total. The van der Waals surface area contributed by atoms with Crippen LogP contribution in [-0.4, -0.2) is 10.9 Å². The molecule has 1 aromatic carbocycles.